The van der Waals surface area contributed by atoms with Crippen molar-refractivity contribution in [3.05, 3.63) is 63.0 Å². The Morgan fingerprint density at radius 2 is 2.08 bits per heavy atom. The van der Waals surface area contributed by atoms with Gasteiger partial charge in [0.05, 0.1) is 0 Å². The van der Waals surface area contributed by atoms with Gasteiger partial charge in [0, 0.05) is 23.3 Å². The zero-order valence-electron chi connectivity index (χ0n) is 13.2. The summed E-state index contributed by atoms with van der Waals surface area (Å²) in [5.41, 5.74) is 0.791. The third-order valence-corrected chi connectivity index (χ3v) is 4.33. The number of halogens is 1. The Hall–Kier alpha value is -2.27. The second-order valence-corrected chi connectivity index (χ2v) is 6.39. The van der Waals surface area contributed by atoms with Crippen LogP contribution in [0.2, 0.25) is 5.02 Å². The number of pyridine rings is 1. The zero-order valence-corrected chi connectivity index (χ0v) is 13.9. The van der Waals surface area contributed by atoms with E-state index in [0.717, 1.165) is 31.2 Å². The highest BCUT2D eigenvalue weighted by molar-refractivity contribution is 6.30. The van der Waals surface area contributed by atoms with E-state index in [1.54, 1.807) is 12.1 Å². The number of carbonyl (C=O) groups is 1. The molecule has 1 aliphatic carbocycles. The highest BCUT2D eigenvalue weighted by Gasteiger charge is 2.18. The molecule has 1 fully saturated rings. The van der Waals surface area contributed by atoms with Crippen molar-refractivity contribution < 1.29 is 9.53 Å². The van der Waals surface area contributed by atoms with Crippen LogP contribution >= 0.6 is 11.6 Å². The van der Waals surface area contributed by atoms with Crippen molar-refractivity contribution in [3.63, 3.8) is 0 Å². The van der Waals surface area contributed by atoms with Crippen LogP contribution in [-0.4, -0.2) is 16.9 Å². The lowest BCUT2D eigenvalue weighted by Crippen LogP contribution is -2.33. The van der Waals surface area contributed by atoms with Gasteiger partial charge in [0.15, 0.2) is 5.75 Å². The van der Waals surface area contributed by atoms with E-state index < -0.39 is 0 Å². The van der Waals surface area contributed by atoms with Crippen molar-refractivity contribution in [1.29, 1.82) is 0 Å². The first-order valence-corrected chi connectivity index (χ1v) is 8.40. The molecule has 3 rings (SSSR count). The van der Waals surface area contributed by atoms with E-state index >= 15 is 0 Å². The first kappa shape index (κ1) is 16.6. The highest BCUT2D eigenvalue weighted by Crippen LogP contribution is 2.18. The third-order valence-electron chi connectivity index (χ3n) is 4.10. The summed E-state index contributed by atoms with van der Waals surface area (Å²) in [6.45, 7) is 0.233. The van der Waals surface area contributed by atoms with Gasteiger partial charge in [0.1, 0.15) is 12.3 Å². The predicted octanol–water partition coefficient (Wildman–Crippen LogP) is 3.28. The van der Waals surface area contributed by atoms with Crippen molar-refractivity contribution in [2.45, 2.75) is 38.3 Å². The molecule has 0 radical (unpaired) electrons. The molecule has 0 spiro atoms. The number of carbonyl (C=O) groups excluding carboxylic acids is 1. The molecule has 2 aromatic rings. The molecule has 1 heterocycles. The lowest BCUT2D eigenvalue weighted by molar-refractivity contribution is 0.0932. The standard InChI is InChI=1S/C18H19ClN2O3/c19-13-5-3-4-12(8-13)11-24-17-10-20-15(9-16(17)22)18(23)21-14-6-1-2-7-14/h3-5,8-10,14H,1-2,6-7,11H2,(H,20,22)(H,21,23). The maximum atomic E-state index is 12.1. The predicted molar refractivity (Wildman–Crippen MR) is 92.6 cm³/mol. The normalized spacial score (nSPS) is 14.5. The van der Waals surface area contributed by atoms with Crippen LogP contribution in [0.4, 0.5) is 0 Å². The minimum atomic E-state index is -0.327. The SMILES string of the molecule is O=C(NC1CCCC1)c1cc(=O)c(OCc2cccc(Cl)c2)c[nH]1. The van der Waals surface area contributed by atoms with Gasteiger partial charge < -0.3 is 15.0 Å². The number of ether oxygens (including phenoxy) is 1. The number of aromatic nitrogens is 1. The Morgan fingerprint density at radius 1 is 1.29 bits per heavy atom. The average Bonchev–Trinajstić information content (AvgIpc) is 3.06. The second kappa shape index (κ2) is 7.53. The zero-order chi connectivity index (χ0) is 16.9. The average molecular weight is 347 g/mol. The monoisotopic (exact) mass is 346 g/mol. The summed E-state index contributed by atoms with van der Waals surface area (Å²) in [6, 6.07) is 8.72. The fraction of sp³-hybridized carbons (Fsp3) is 0.333. The molecule has 2 N–H and O–H groups in total. The first-order valence-electron chi connectivity index (χ1n) is 8.02. The summed E-state index contributed by atoms with van der Waals surface area (Å²) in [6.07, 6.45) is 5.69. The van der Waals surface area contributed by atoms with Crippen LogP contribution in [0.1, 0.15) is 41.7 Å². The molecule has 1 aliphatic rings. The summed E-state index contributed by atoms with van der Waals surface area (Å²) in [5, 5.41) is 3.56. The number of H-pyrrole nitrogens is 1. The smallest absolute Gasteiger partial charge is 0.268 e. The molecule has 0 unspecified atom stereocenters. The van der Waals surface area contributed by atoms with E-state index in [1.807, 2.05) is 12.1 Å². The Morgan fingerprint density at radius 3 is 2.79 bits per heavy atom. The van der Waals surface area contributed by atoms with E-state index in [-0.39, 0.29) is 35.4 Å². The van der Waals surface area contributed by atoms with Gasteiger partial charge in [-0.3, -0.25) is 9.59 Å². The molecule has 126 valence electrons. The van der Waals surface area contributed by atoms with Crippen LogP contribution in [-0.2, 0) is 6.61 Å². The largest absolute Gasteiger partial charge is 0.483 e. The molecular formula is C18H19ClN2O3. The lowest BCUT2D eigenvalue weighted by Gasteiger charge is -2.12. The lowest BCUT2D eigenvalue weighted by atomic mass is 10.2. The summed E-state index contributed by atoms with van der Waals surface area (Å²) in [5.74, 6) is -0.0761. The van der Waals surface area contributed by atoms with E-state index in [2.05, 4.69) is 10.3 Å². The molecule has 1 saturated carbocycles. The maximum absolute atomic E-state index is 12.1. The quantitative estimate of drug-likeness (QED) is 0.872. The molecule has 1 aromatic carbocycles. The summed E-state index contributed by atoms with van der Waals surface area (Å²) in [4.78, 5) is 27.1. The van der Waals surface area contributed by atoms with Gasteiger partial charge in [-0.15, -0.1) is 0 Å². The van der Waals surface area contributed by atoms with Gasteiger partial charge in [-0.25, -0.2) is 0 Å². The molecular weight excluding hydrogens is 328 g/mol. The van der Waals surface area contributed by atoms with Crippen molar-refractivity contribution in [2.24, 2.45) is 0 Å². The van der Waals surface area contributed by atoms with E-state index in [4.69, 9.17) is 16.3 Å². The van der Waals surface area contributed by atoms with E-state index in [9.17, 15) is 9.59 Å². The van der Waals surface area contributed by atoms with Gasteiger partial charge in [-0.05, 0) is 30.5 Å². The molecule has 0 saturated heterocycles. The van der Waals surface area contributed by atoms with Crippen LogP contribution in [0.25, 0.3) is 0 Å². The van der Waals surface area contributed by atoms with Gasteiger partial charge in [0.25, 0.3) is 5.91 Å². The molecule has 24 heavy (non-hydrogen) atoms. The van der Waals surface area contributed by atoms with Crippen LogP contribution in [0, 0.1) is 0 Å². The number of rotatable bonds is 5. The number of hydrogen-bond donors (Lipinski definition) is 2. The minimum absolute atomic E-state index is 0.174. The van der Waals surface area contributed by atoms with Crippen LogP contribution in [0.15, 0.2) is 41.3 Å². The topological polar surface area (TPSA) is 71.2 Å². The fourth-order valence-corrected chi connectivity index (χ4v) is 3.04. The molecule has 1 aromatic heterocycles. The molecule has 0 aliphatic heterocycles. The van der Waals surface area contributed by atoms with Crippen molar-refractivity contribution in [3.8, 4) is 5.75 Å². The number of nitrogens with one attached hydrogen (secondary N) is 2. The minimum Gasteiger partial charge on any atom is -0.483 e. The van der Waals surface area contributed by atoms with Gasteiger partial charge in [-0.2, -0.15) is 0 Å². The summed E-state index contributed by atoms with van der Waals surface area (Å²) >= 11 is 5.92. The van der Waals surface area contributed by atoms with Crippen molar-refractivity contribution in [2.75, 3.05) is 0 Å². The number of benzene rings is 1. The second-order valence-electron chi connectivity index (χ2n) is 5.95. The molecule has 0 bridgehead atoms. The Kier molecular flexibility index (Phi) is 5.20. The summed E-state index contributed by atoms with van der Waals surface area (Å²) < 4.78 is 5.51. The van der Waals surface area contributed by atoms with Crippen LogP contribution in [0.5, 0.6) is 5.75 Å². The van der Waals surface area contributed by atoms with E-state index in [1.165, 1.54) is 12.3 Å². The highest BCUT2D eigenvalue weighted by atomic mass is 35.5. The summed E-state index contributed by atoms with van der Waals surface area (Å²) in [7, 11) is 0. The number of hydrogen-bond acceptors (Lipinski definition) is 3. The maximum Gasteiger partial charge on any atom is 0.268 e. The molecule has 5 nitrogen and oxygen atoms in total. The Bertz CT molecular complexity index is 782. The fourth-order valence-electron chi connectivity index (χ4n) is 2.82. The Labute approximate surface area is 145 Å². The van der Waals surface area contributed by atoms with Crippen molar-refractivity contribution in [1.82, 2.24) is 10.3 Å². The van der Waals surface area contributed by atoms with Gasteiger partial charge in [0.2, 0.25) is 5.43 Å². The van der Waals surface area contributed by atoms with E-state index in [0.29, 0.717) is 5.02 Å². The molecule has 6 heteroatoms. The van der Waals surface area contributed by atoms with Crippen LogP contribution < -0.4 is 15.5 Å². The first-order chi connectivity index (χ1) is 11.6. The number of amides is 1. The Balaban J connectivity index is 1.63. The molecule has 0 atom stereocenters. The van der Waals surface area contributed by atoms with Crippen LogP contribution in [0.3, 0.4) is 0 Å². The van der Waals surface area contributed by atoms with Crippen molar-refractivity contribution >= 4 is 17.5 Å². The third kappa shape index (κ3) is 4.17. The van der Waals surface area contributed by atoms with Gasteiger partial charge in [-0.1, -0.05) is 36.6 Å². The number of aromatic amines is 1. The van der Waals surface area contributed by atoms with Gasteiger partial charge >= 0.3 is 0 Å². The molecule has 1 amide bonds.